The summed E-state index contributed by atoms with van der Waals surface area (Å²) in [7, 11) is 0. The largest absolute Gasteiger partial charge is 0.482 e. The van der Waals surface area contributed by atoms with Gasteiger partial charge in [-0.1, -0.05) is 6.07 Å². The molecule has 122 valence electrons. The molecule has 2 aliphatic rings. The van der Waals surface area contributed by atoms with E-state index in [0.717, 1.165) is 12.8 Å². The Balaban J connectivity index is 1.54. The fourth-order valence-corrected chi connectivity index (χ4v) is 3.24. The number of carbonyl (C=O) groups is 2. The minimum Gasteiger partial charge on any atom is -0.482 e. The van der Waals surface area contributed by atoms with Crippen LogP contribution in [0.2, 0.25) is 0 Å². The van der Waals surface area contributed by atoms with Gasteiger partial charge in [-0.3, -0.25) is 9.59 Å². The Kier molecular flexibility index (Phi) is 3.69. The van der Waals surface area contributed by atoms with Crippen LogP contribution in [0.3, 0.4) is 0 Å². The summed E-state index contributed by atoms with van der Waals surface area (Å²) in [5.74, 6) is 0.272. The number of fused-ring (bicyclic) bond motifs is 2. The molecule has 2 aromatic carbocycles. The van der Waals surface area contributed by atoms with E-state index < -0.39 is 0 Å². The van der Waals surface area contributed by atoms with Gasteiger partial charge in [-0.2, -0.15) is 0 Å². The Bertz CT molecular complexity index is 829. The van der Waals surface area contributed by atoms with E-state index in [4.69, 9.17) is 4.74 Å². The first kappa shape index (κ1) is 14.8. The number of hydrogen-bond acceptors (Lipinski definition) is 3. The third-order valence-corrected chi connectivity index (χ3v) is 4.48. The Morgan fingerprint density at radius 1 is 1.04 bits per heavy atom. The van der Waals surface area contributed by atoms with Crippen LogP contribution in [0.25, 0.3) is 0 Å². The van der Waals surface area contributed by atoms with E-state index in [1.54, 1.807) is 18.2 Å². The Morgan fingerprint density at radius 3 is 2.75 bits per heavy atom. The number of nitrogens with one attached hydrogen (secondary N) is 2. The maximum atomic E-state index is 12.5. The van der Waals surface area contributed by atoms with Gasteiger partial charge in [0.1, 0.15) is 5.75 Å². The molecule has 4 rings (SSSR count). The SMILES string of the molecule is O=C1COc2ccc(NC(=O)c3ccc4c(c3)CCCC4)cc2N1. The van der Waals surface area contributed by atoms with E-state index in [-0.39, 0.29) is 18.4 Å². The number of rotatable bonds is 2. The van der Waals surface area contributed by atoms with Gasteiger partial charge in [0, 0.05) is 11.3 Å². The van der Waals surface area contributed by atoms with Crippen LogP contribution in [0.1, 0.15) is 34.3 Å². The van der Waals surface area contributed by atoms with Gasteiger partial charge in [0.2, 0.25) is 0 Å². The molecule has 24 heavy (non-hydrogen) atoms. The molecule has 0 saturated carbocycles. The molecule has 0 radical (unpaired) electrons. The van der Waals surface area contributed by atoms with Crippen LogP contribution < -0.4 is 15.4 Å². The van der Waals surface area contributed by atoms with E-state index in [9.17, 15) is 9.59 Å². The van der Waals surface area contributed by atoms with Crippen molar-refractivity contribution in [3.8, 4) is 5.75 Å². The smallest absolute Gasteiger partial charge is 0.262 e. The lowest BCUT2D eigenvalue weighted by molar-refractivity contribution is -0.118. The highest BCUT2D eigenvalue weighted by Gasteiger charge is 2.17. The molecule has 1 aliphatic heterocycles. The summed E-state index contributed by atoms with van der Waals surface area (Å²) in [6.07, 6.45) is 4.55. The zero-order valence-corrected chi connectivity index (χ0v) is 13.2. The quantitative estimate of drug-likeness (QED) is 0.892. The number of anilines is 2. The second kappa shape index (κ2) is 6.00. The zero-order valence-electron chi connectivity index (χ0n) is 13.2. The van der Waals surface area contributed by atoms with Crippen molar-refractivity contribution < 1.29 is 14.3 Å². The molecule has 0 aromatic heterocycles. The van der Waals surface area contributed by atoms with Gasteiger partial charge in [-0.25, -0.2) is 0 Å². The van der Waals surface area contributed by atoms with Crippen LogP contribution in [0.15, 0.2) is 36.4 Å². The van der Waals surface area contributed by atoms with Gasteiger partial charge >= 0.3 is 0 Å². The highest BCUT2D eigenvalue weighted by Crippen LogP contribution is 2.30. The summed E-state index contributed by atoms with van der Waals surface area (Å²) in [5, 5.41) is 5.62. The molecule has 0 unspecified atom stereocenters. The van der Waals surface area contributed by atoms with Crippen LogP contribution in [-0.2, 0) is 17.6 Å². The Labute approximate surface area is 140 Å². The number of hydrogen-bond donors (Lipinski definition) is 2. The van der Waals surface area contributed by atoms with Gasteiger partial charge < -0.3 is 15.4 Å². The van der Waals surface area contributed by atoms with E-state index in [1.165, 1.54) is 24.0 Å². The molecular formula is C19H18N2O3. The van der Waals surface area contributed by atoms with Crippen molar-refractivity contribution in [3.05, 3.63) is 53.1 Å². The van der Waals surface area contributed by atoms with Gasteiger partial charge in [0.05, 0.1) is 5.69 Å². The predicted molar refractivity (Wildman–Crippen MR) is 91.6 cm³/mol. The average Bonchev–Trinajstić information content (AvgIpc) is 2.61. The third-order valence-electron chi connectivity index (χ3n) is 4.48. The molecule has 1 aliphatic carbocycles. The van der Waals surface area contributed by atoms with Gasteiger partial charge in [-0.15, -0.1) is 0 Å². The highest BCUT2D eigenvalue weighted by molar-refractivity contribution is 6.05. The van der Waals surface area contributed by atoms with Crippen LogP contribution >= 0.6 is 0 Å². The monoisotopic (exact) mass is 322 g/mol. The molecule has 0 atom stereocenters. The van der Waals surface area contributed by atoms with Crippen molar-refractivity contribution in [1.82, 2.24) is 0 Å². The van der Waals surface area contributed by atoms with Gasteiger partial charge in [0.25, 0.3) is 11.8 Å². The molecule has 2 N–H and O–H groups in total. The zero-order chi connectivity index (χ0) is 16.5. The maximum absolute atomic E-state index is 12.5. The van der Waals surface area contributed by atoms with Crippen molar-refractivity contribution in [2.75, 3.05) is 17.2 Å². The second-order valence-electron chi connectivity index (χ2n) is 6.19. The lowest BCUT2D eigenvalue weighted by Crippen LogP contribution is -2.25. The second-order valence-corrected chi connectivity index (χ2v) is 6.19. The molecule has 0 spiro atoms. The molecule has 0 saturated heterocycles. The summed E-state index contributed by atoms with van der Waals surface area (Å²) in [6, 6.07) is 11.2. The van der Waals surface area contributed by atoms with Crippen LogP contribution in [0, 0.1) is 0 Å². The van der Waals surface area contributed by atoms with Crippen LogP contribution in [-0.4, -0.2) is 18.4 Å². The summed E-state index contributed by atoms with van der Waals surface area (Å²) in [5.41, 5.74) is 4.50. The number of benzene rings is 2. The lowest BCUT2D eigenvalue weighted by Gasteiger charge is -2.19. The molecule has 0 fully saturated rings. The number of aryl methyl sites for hydroxylation is 2. The number of carbonyl (C=O) groups excluding carboxylic acids is 2. The lowest BCUT2D eigenvalue weighted by atomic mass is 9.90. The summed E-state index contributed by atoms with van der Waals surface area (Å²) in [6.45, 7) is 0.0217. The third kappa shape index (κ3) is 2.85. The van der Waals surface area contributed by atoms with Crippen LogP contribution in [0.5, 0.6) is 5.75 Å². The molecule has 2 amide bonds. The normalized spacial score (nSPS) is 15.6. The Morgan fingerprint density at radius 2 is 1.88 bits per heavy atom. The fraction of sp³-hybridized carbons (Fsp3) is 0.263. The first-order valence-electron chi connectivity index (χ1n) is 8.19. The minimum absolute atomic E-state index is 0.0217. The summed E-state index contributed by atoms with van der Waals surface area (Å²) < 4.78 is 5.32. The molecule has 1 heterocycles. The molecule has 5 nitrogen and oxygen atoms in total. The standard InChI is InChI=1S/C19H18N2O3/c22-18-11-24-17-8-7-15(10-16(17)21-18)20-19(23)14-6-5-12-3-1-2-4-13(12)9-14/h5-10H,1-4,11H2,(H,20,23)(H,21,22). The highest BCUT2D eigenvalue weighted by atomic mass is 16.5. The molecule has 5 heteroatoms. The van der Waals surface area contributed by atoms with E-state index in [2.05, 4.69) is 16.7 Å². The van der Waals surface area contributed by atoms with E-state index >= 15 is 0 Å². The van der Waals surface area contributed by atoms with Crippen molar-refractivity contribution in [3.63, 3.8) is 0 Å². The number of ether oxygens (including phenoxy) is 1. The molecular weight excluding hydrogens is 304 g/mol. The summed E-state index contributed by atoms with van der Waals surface area (Å²) in [4.78, 5) is 23.9. The van der Waals surface area contributed by atoms with Crippen molar-refractivity contribution in [2.45, 2.75) is 25.7 Å². The predicted octanol–water partition coefficient (Wildman–Crippen LogP) is 3.15. The minimum atomic E-state index is -0.194. The van der Waals surface area contributed by atoms with Crippen molar-refractivity contribution >= 4 is 23.2 Å². The van der Waals surface area contributed by atoms with E-state index in [0.29, 0.717) is 22.7 Å². The summed E-state index contributed by atoms with van der Waals surface area (Å²) >= 11 is 0. The maximum Gasteiger partial charge on any atom is 0.262 e. The van der Waals surface area contributed by atoms with Gasteiger partial charge in [0.15, 0.2) is 6.61 Å². The first-order chi connectivity index (χ1) is 11.7. The van der Waals surface area contributed by atoms with Crippen LogP contribution in [0.4, 0.5) is 11.4 Å². The fourth-order valence-electron chi connectivity index (χ4n) is 3.24. The Hall–Kier alpha value is -2.82. The average molecular weight is 322 g/mol. The van der Waals surface area contributed by atoms with Crippen molar-refractivity contribution in [1.29, 1.82) is 0 Å². The van der Waals surface area contributed by atoms with E-state index in [1.807, 2.05) is 12.1 Å². The van der Waals surface area contributed by atoms with Crippen molar-refractivity contribution in [2.24, 2.45) is 0 Å². The molecule has 2 aromatic rings. The topological polar surface area (TPSA) is 67.4 Å². The number of amides is 2. The first-order valence-corrected chi connectivity index (χ1v) is 8.19. The van der Waals surface area contributed by atoms with Gasteiger partial charge in [-0.05, 0) is 67.1 Å². The molecule has 0 bridgehead atoms.